The van der Waals surface area contributed by atoms with Crippen molar-refractivity contribution in [1.82, 2.24) is 5.32 Å². The Labute approximate surface area is 223 Å². The molecule has 0 aliphatic carbocycles. The molecule has 0 spiro atoms. The molecule has 0 radical (unpaired) electrons. The zero-order valence-electron chi connectivity index (χ0n) is 18.7. The van der Waals surface area contributed by atoms with Crippen molar-refractivity contribution < 1.29 is 19.0 Å². The zero-order chi connectivity index (χ0) is 24.8. The summed E-state index contributed by atoms with van der Waals surface area (Å²) in [5.41, 5.74) is 2.61. The largest absolute Gasteiger partial charge is 0.490 e. The number of amides is 1. The molecule has 1 N–H and O–H groups in total. The molecule has 1 saturated heterocycles. The van der Waals surface area contributed by atoms with Gasteiger partial charge in [-0.15, -0.1) is 0 Å². The van der Waals surface area contributed by atoms with Gasteiger partial charge in [-0.3, -0.25) is 4.79 Å². The fraction of sp³-hybridized carbons (Fsp3) is 0.154. The summed E-state index contributed by atoms with van der Waals surface area (Å²) in [5, 5.41) is 3.25. The van der Waals surface area contributed by atoms with E-state index in [1.807, 2.05) is 55.5 Å². The average molecular weight is 546 g/mol. The van der Waals surface area contributed by atoms with Gasteiger partial charge < -0.3 is 19.5 Å². The molecule has 0 unspecified atom stereocenters. The number of rotatable bonds is 9. The molecular weight excluding hydrogens is 525 g/mol. The molecule has 0 saturated carbocycles. The van der Waals surface area contributed by atoms with Crippen molar-refractivity contribution in [2.45, 2.75) is 20.1 Å². The summed E-state index contributed by atoms with van der Waals surface area (Å²) >= 11 is 19.1. The number of hydrogen-bond acceptors (Lipinski definition) is 6. The normalized spacial score (nSPS) is 14.2. The smallest absolute Gasteiger partial charge is 0.263 e. The Hall–Kier alpha value is -2.71. The maximum atomic E-state index is 11.9. The first-order chi connectivity index (χ1) is 16.9. The van der Waals surface area contributed by atoms with Crippen molar-refractivity contribution in [3.8, 4) is 17.2 Å². The van der Waals surface area contributed by atoms with E-state index in [0.717, 1.165) is 11.1 Å². The van der Waals surface area contributed by atoms with Gasteiger partial charge in [-0.1, -0.05) is 83.6 Å². The van der Waals surface area contributed by atoms with E-state index in [1.54, 1.807) is 18.2 Å². The second-order valence-corrected chi connectivity index (χ2v) is 9.98. The van der Waals surface area contributed by atoms with Gasteiger partial charge in [0.15, 0.2) is 17.2 Å². The van der Waals surface area contributed by atoms with Crippen molar-refractivity contribution in [2.24, 2.45) is 0 Å². The second-order valence-electron chi connectivity index (χ2n) is 7.44. The highest BCUT2D eigenvalue weighted by atomic mass is 35.5. The van der Waals surface area contributed by atoms with Crippen LogP contribution in [0.25, 0.3) is 6.08 Å². The molecule has 5 nitrogen and oxygen atoms in total. The SMILES string of the molecule is CCOc1cc(COc2c(Cl)cc(/C=C3/SC(=S)NC3=O)cc2Cl)ccc1OCc1ccccc1. The van der Waals surface area contributed by atoms with E-state index in [2.05, 4.69) is 5.32 Å². The average Bonchev–Trinajstić information content (AvgIpc) is 3.15. The lowest BCUT2D eigenvalue weighted by Crippen LogP contribution is -2.17. The van der Waals surface area contributed by atoms with Crippen LogP contribution in [0.4, 0.5) is 0 Å². The van der Waals surface area contributed by atoms with E-state index in [-0.39, 0.29) is 12.5 Å². The van der Waals surface area contributed by atoms with Crippen molar-refractivity contribution in [1.29, 1.82) is 0 Å². The van der Waals surface area contributed by atoms with Gasteiger partial charge in [0, 0.05) is 0 Å². The molecule has 0 bridgehead atoms. The molecule has 4 rings (SSSR count). The van der Waals surface area contributed by atoms with E-state index in [4.69, 9.17) is 49.6 Å². The molecule has 0 aromatic heterocycles. The Balaban J connectivity index is 1.45. The van der Waals surface area contributed by atoms with Crippen LogP contribution in [0.5, 0.6) is 17.2 Å². The van der Waals surface area contributed by atoms with Crippen molar-refractivity contribution in [3.63, 3.8) is 0 Å². The zero-order valence-corrected chi connectivity index (χ0v) is 21.8. The highest BCUT2D eigenvalue weighted by Gasteiger charge is 2.22. The third-order valence-corrected chi connectivity index (χ3v) is 6.61. The van der Waals surface area contributed by atoms with E-state index >= 15 is 0 Å². The lowest BCUT2D eigenvalue weighted by molar-refractivity contribution is -0.115. The monoisotopic (exact) mass is 545 g/mol. The number of carbonyl (C=O) groups is 1. The molecule has 1 aliphatic heterocycles. The van der Waals surface area contributed by atoms with Gasteiger partial charge in [-0.05, 0) is 54.0 Å². The minimum atomic E-state index is -0.242. The quantitative estimate of drug-likeness (QED) is 0.230. The molecule has 1 aliphatic rings. The maximum Gasteiger partial charge on any atom is 0.263 e. The van der Waals surface area contributed by atoms with Gasteiger partial charge in [-0.2, -0.15) is 0 Å². The van der Waals surface area contributed by atoms with Crippen LogP contribution in [0.2, 0.25) is 10.0 Å². The summed E-state index contributed by atoms with van der Waals surface area (Å²) in [4.78, 5) is 12.4. The minimum Gasteiger partial charge on any atom is -0.490 e. The summed E-state index contributed by atoms with van der Waals surface area (Å²) in [7, 11) is 0. The van der Waals surface area contributed by atoms with Crippen LogP contribution >= 0.6 is 47.2 Å². The summed E-state index contributed by atoms with van der Waals surface area (Å²) in [6, 6.07) is 19.0. The van der Waals surface area contributed by atoms with Gasteiger partial charge >= 0.3 is 0 Å². The molecule has 0 atom stereocenters. The molecule has 35 heavy (non-hydrogen) atoms. The topological polar surface area (TPSA) is 56.8 Å². The lowest BCUT2D eigenvalue weighted by Gasteiger charge is -2.15. The van der Waals surface area contributed by atoms with Crippen LogP contribution in [0, 0.1) is 0 Å². The summed E-state index contributed by atoms with van der Waals surface area (Å²) < 4.78 is 18.1. The molecule has 3 aromatic carbocycles. The highest BCUT2D eigenvalue weighted by molar-refractivity contribution is 8.26. The molecule has 1 heterocycles. The van der Waals surface area contributed by atoms with Crippen LogP contribution < -0.4 is 19.5 Å². The van der Waals surface area contributed by atoms with Gasteiger partial charge in [0.1, 0.15) is 17.5 Å². The number of benzene rings is 3. The number of nitrogens with one attached hydrogen (secondary N) is 1. The Bertz CT molecular complexity index is 1260. The molecular formula is C26H21Cl2NO4S2. The van der Waals surface area contributed by atoms with Crippen LogP contribution in [0.1, 0.15) is 23.6 Å². The predicted molar refractivity (Wildman–Crippen MR) is 145 cm³/mol. The van der Waals surface area contributed by atoms with Crippen LogP contribution in [0.3, 0.4) is 0 Å². The van der Waals surface area contributed by atoms with Gasteiger partial charge in [0.2, 0.25) is 0 Å². The van der Waals surface area contributed by atoms with E-state index < -0.39 is 0 Å². The molecule has 3 aromatic rings. The summed E-state index contributed by atoms with van der Waals surface area (Å²) in [6.45, 7) is 3.09. The minimum absolute atomic E-state index is 0.228. The van der Waals surface area contributed by atoms with Crippen molar-refractivity contribution in [2.75, 3.05) is 6.61 Å². The molecule has 1 amide bonds. The Morgan fingerprint density at radius 1 is 0.914 bits per heavy atom. The third-order valence-electron chi connectivity index (χ3n) is 4.89. The Morgan fingerprint density at radius 3 is 2.29 bits per heavy atom. The van der Waals surface area contributed by atoms with Crippen LogP contribution in [0.15, 0.2) is 65.6 Å². The molecule has 9 heteroatoms. The second kappa shape index (κ2) is 11.8. The standard InChI is InChI=1S/C26H21Cl2NO4S2/c1-2-31-22-12-17(8-9-21(22)32-14-16-6-4-3-5-7-16)15-33-24-19(27)10-18(11-20(24)28)13-23-25(30)29-26(34)35-23/h3-13H,2,14-15H2,1H3,(H,29,30,34)/b23-13+. The summed E-state index contributed by atoms with van der Waals surface area (Å²) in [5.74, 6) is 1.40. The van der Waals surface area contributed by atoms with Crippen LogP contribution in [-0.4, -0.2) is 16.8 Å². The lowest BCUT2D eigenvalue weighted by atomic mass is 10.2. The van der Waals surface area contributed by atoms with E-state index in [1.165, 1.54) is 11.8 Å². The first-order valence-electron chi connectivity index (χ1n) is 10.7. The fourth-order valence-electron chi connectivity index (χ4n) is 3.29. The van der Waals surface area contributed by atoms with Crippen LogP contribution in [-0.2, 0) is 18.0 Å². The Morgan fingerprint density at radius 2 is 1.63 bits per heavy atom. The number of thiocarbonyl (C=S) groups is 1. The number of carbonyl (C=O) groups excluding carboxylic acids is 1. The fourth-order valence-corrected chi connectivity index (χ4v) is 4.95. The number of ether oxygens (including phenoxy) is 3. The van der Waals surface area contributed by atoms with Crippen molar-refractivity contribution in [3.05, 3.63) is 92.3 Å². The number of thioether (sulfide) groups is 1. The van der Waals surface area contributed by atoms with Crippen molar-refractivity contribution >= 4 is 63.5 Å². The predicted octanol–water partition coefficient (Wildman–Crippen LogP) is 7.04. The van der Waals surface area contributed by atoms with Gasteiger partial charge in [0.25, 0.3) is 5.91 Å². The van der Waals surface area contributed by atoms with Gasteiger partial charge in [-0.25, -0.2) is 0 Å². The molecule has 1 fully saturated rings. The first kappa shape index (κ1) is 25.4. The highest BCUT2D eigenvalue weighted by Crippen LogP contribution is 2.37. The Kier molecular flexibility index (Phi) is 8.57. The summed E-state index contributed by atoms with van der Waals surface area (Å²) in [6.07, 6.45) is 1.68. The third kappa shape index (κ3) is 6.70. The maximum absolute atomic E-state index is 11.9. The van der Waals surface area contributed by atoms with E-state index in [9.17, 15) is 4.79 Å². The molecule has 180 valence electrons. The first-order valence-corrected chi connectivity index (χ1v) is 12.7. The number of halogens is 2. The number of hydrogen-bond donors (Lipinski definition) is 1. The van der Waals surface area contributed by atoms with Gasteiger partial charge in [0.05, 0.1) is 21.6 Å². The van der Waals surface area contributed by atoms with E-state index in [0.29, 0.717) is 55.3 Å².